The van der Waals surface area contributed by atoms with Gasteiger partial charge in [-0.2, -0.15) is 0 Å². The van der Waals surface area contributed by atoms with E-state index in [1.165, 1.54) is 42.8 Å². The van der Waals surface area contributed by atoms with Crippen molar-refractivity contribution in [2.24, 2.45) is 0 Å². The number of likely N-dealkylation sites (tertiary alicyclic amines) is 1. The average molecular weight is 602 g/mol. The molecule has 0 saturated carbocycles. The highest BCUT2D eigenvalue weighted by Crippen LogP contribution is 2.36. The first-order valence-corrected chi connectivity index (χ1v) is 15.3. The molecule has 0 radical (unpaired) electrons. The third kappa shape index (κ3) is 6.99. The molecule has 2 saturated heterocycles. The lowest BCUT2D eigenvalue weighted by Crippen LogP contribution is -2.42. The summed E-state index contributed by atoms with van der Waals surface area (Å²) in [4.78, 5) is 16.9. The monoisotopic (exact) mass is 600 g/mol. The van der Waals surface area contributed by atoms with Gasteiger partial charge in [-0.3, -0.25) is 4.90 Å². The third-order valence-corrected chi connectivity index (χ3v) is 9.44. The lowest BCUT2D eigenvalue weighted by atomic mass is 10.0. The van der Waals surface area contributed by atoms with E-state index in [0.717, 1.165) is 66.3 Å². The minimum absolute atomic E-state index is 0.163. The number of piperidine rings is 1. The summed E-state index contributed by atoms with van der Waals surface area (Å²) in [5.41, 5.74) is 3.57. The number of nitrogens with one attached hydrogen (secondary N) is 2. The van der Waals surface area contributed by atoms with Gasteiger partial charge in [0.15, 0.2) is 0 Å². The van der Waals surface area contributed by atoms with Crippen molar-refractivity contribution in [2.45, 2.75) is 51.5 Å². The lowest BCUT2D eigenvalue weighted by molar-refractivity contribution is 0.190. The molecule has 0 bridgehead atoms. The smallest absolute Gasteiger partial charge is 0.223 e. The van der Waals surface area contributed by atoms with E-state index >= 15 is 0 Å². The SMILES string of the molecule is CC1(C)CNCN1CCNc1ncc(Br)c(-c2cc(CCN3CCCCC3)c(Cc3ccc(F)cc3)s2)n1. The molecular weight excluding hydrogens is 563 g/mol. The van der Waals surface area contributed by atoms with Gasteiger partial charge in [0.2, 0.25) is 5.95 Å². The van der Waals surface area contributed by atoms with Gasteiger partial charge in [-0.05, 0) is 91.5 Å². The number of benzene rings is 1. The summed E-state index contributed by atoms with van der Waals surface area (Å²) in [6.45, 7) is 11.6. The van der Waals surface area contributed by atoms with Crippen molar-refractivity contribution in [3.63, 3.8) is 0 Å². The number of rotatable bonds is 10. The highest BCUT2D eigenvalue weighted by atomic mass is 79.9. The summed E-state index contributed by atoms with van der Waals surface area (Å²) >= 11 is 5.49. The fourth-order valence-corrected chi connectivity index (χ4v) is 7.11. The van der Waals surface area contributed by atoms with Crippen LogP contribution in [0.3, 0.4) is 0 Å². The number of hydrogen-bond donors (Lipinski definition) is 2. The van der Waals surface area contributed by atoms with Crippen LogP contribution in [0, 0.1) is 5.82 Å². The second kappa shape index (κ2) is 12.5. The minimum atomic E-state index is -0.194. The molecule has 38 heavy (non-hydrogen) atoms. The van der Waals surface area contributed by atoms with E-state index in [-0.39, 0.29) is 11.4 Å². The van der Waals surface area contributed by atoms with E-state index in [4.69, 9.17) is 4.98 Å². The average Bonchev–Trinajstić information content (AvgIpc) is 3.47. The Morgan fingerprint density at radius 3 is 2.66 bits per heavy atom. The maximum absolute atomic E-state index is 13.5. The number of nitrogens with zero attached hydrogens (tertiary/aromatic N) is 4. The molecule has 1 aromatic carbocycles. The normalized spacial score (nSPS) is 18.2. The van der Waals surface area contributed by atoms with Crippen molar-refractivity contribution in [3.8, 4) is 10.6 Å². The van der Waals surface area contributed by atoms with E-state index in [9.17, 15) is 4.39 Å². The molecule has 5 rings (SSSR count). The molecule has 2 aromatic heterocycles. The van der Waals surface area contributed by atoms with Gasteiger partial charge in [0, 0.05) is 55.9 Å². The van der Waals surface area contributed by atoms with Crippen LogP contribution in [0.1, 0.15) is 49.1 Å². The van der Waals surface area contributed by atoms with Crippen LogP contribution in [-0.2, 0) is 12.8 Å². The van der Waals surface area contributed by atoms with Crippen LogP contribution in [0.5, 0.6) is 0 Å². The van der Waals surface area contributed by atoms with Gasteiger partial charge < -0.3 is 15.5 Å². The molecule has 2 aliphatic rings. The quantitative estimate of drug-likeness (QED) is 0.308. The maximum atomic E-state index is 13.5. The molecule has 204 valence electrons. The highest BCUT2D eigenvalue weighted by molar-refractivity contribution is 9.10. The zero-order chi connectivity index (χ0) is 26.5. The molecule has 6 nitrogen and oxygen atoms in total. The molecule has 2 aliphatic heterocycles. The van der Waals surface area contributed by atoms with Crippen LogP contribution in [0.2, 0.25) is 0 Å². The van der Waals surface area contributed by atoms with Gasteiger partial charge in [0.25, 0.3) is 0 Å². The maximum Gasteiger partial charge on any atom is 0.223 e. The van der Waals surface area contributed by atoms with Crippen molar-refractivity contribution in [2.75, 3.05) is 51.3 Å². The van der Waals surface area contributed by atoms with E-state index < -0.39 is 0 Å². The van der Waals surface area contributed by atoms with Crippen LogP contribution >= 0.6 is 27.3 Å². The number of anilines is 1. The van der Waals surface area contributed by atoms with Crippen molar-refractivity contribution in [1.29, 1.82) is 0 Å². The Morgan fingerprint density at radius 1 is 1.13 bits per heavy atom. The number of aromatic nitrogens is 2. The molecular formula is C29H38BrFN6S. The van der Waals surface area contributed by atoms with Gasteiger partial charge >= 0.3 is 0 Å². The fraction of sp³-hybridized carbons (Fsp3) is 0.517. The van der Waals surface area contributed by atoms with Crippen molar-refractivity contribution >= 4 is 33.2 Å². The summed E-state index contributed by atoms with van der Waals surface area (Å²) < 4.78 is 14.4. The Hall–Kier alpha value is -1.91. The summed E-state index contributed by atoms with van der Waals surface area (Å²) in [5, 5.41) is 6.88. The molecule has 0 amide bonds. The first kappa shape index (κ1) is 27.6. The second-order valence-corrected chi connectivity index (χ2v) is 13.0. The lowest BCUT2D eigenvalue weighted by Gasteiger charge is -2.30. The Morgan fingerprint density at radius 2 is 1.92 bits per heavy atom. The zero-order valence-corrected chi connectivity index (χ0v) is 24.8. The van der Waals surface area contributed by atoms with E-state index in [0.29, 0.717) is 5.95 Å². The molecule has 0 unspecified atom stereocenters. The van der Waals surface area contributed by atoms with Crippen LogP contribution in [0.15, 0.2) is 41.0 Å². The molecule has 0 aliphatic carbocycles. The molecule has 2 N–H and O–H groups in total. The topological polar surface area (TPSA) is 56.3 Å². The summed E-state index contributed by atoms with van der Waals surface area (Å²) in [6.07, 6.45) is 7.60. The van der Waals surface area contributed by atoms with Crippen molar-refractivity contribution in [3.05, 3.63) is 62.8 Å². The van der Waals surface area contributed by atoms with Gasteiger partial charge in [0.05, 0.1) is 15.0 Å². The first-order chi connectivity index (χ1) is 18.4. The van der Waals surface area contributed by atoms with Gasteiger partial charge in [-0.25, -0.2) is 14.4 Å². The zero-order valence-electron chi connectivity index (χ0n) is 22.4. The number of halogens is 2. The number of hydrogen-bond acceptors (Lipinski definition) is 7. The first-order valence-electron chi connectivity index (χ1n) is 13.7. The van der Waals surface area contributed by atoms with Crippen LogP contribution in [0.25, 0.3) is 10.6 Å². The molecule has 3 aromatic rings. The van der Waals surface area contributed by atoms with Gasteiger partial charge in [0.1, 0.15) is 5.82 Å². The van der Waals surface area contributed by atoms with E-state index in [1.807, 2.05) is 18.3 Å². The van der Waals surface area contributed by atoms with E-state index in [2.05, 4.69) is 61.3 Å². The molecule has 0 atom stereocenters. The van der Waals surface area contributed by atoms with Crippen LogP contribution < -0.4 is 10.6 Å². The molecule has 2 fully saturated rings. The van der Waals surface area contributed by atoms with Crippen LogP contribution in [0.4, 0.5) is 10.3 Å². The van der Waals surface area contributed by atoms with Crippen molar-refractivity contribution < 1.29 is 4.39 Å². The van der Waals surface area contributed by atoms with E-state index in [1.54, 1.807) is 23.5 Å². The van der Waals surface area contributed by atoms with Crippen LogP contribution in [-0.4, -0.2) is 71.2 Å². The predicted molar refractivity (Wildman–Crippen MR) is 158 cm³/mol. The second-order valence-electron chi connectivity index (χ2n) is 11.0. The fourth-order valence-electron chi connectivity index (χ4n) is 5.33. The Bertz CT molecular complexity index is 1210. The largest absolute Gasteiger partial charge is 0.353 e. The van der Waals surface area contributed by atoms with Crippen molar-refractivity contribution in [1.82, 2.24) is 25.1 Å². The summed E-state index contributed by atoms with van der Waals surface area (Å²) in [5.74, 6) is 0.456. The van der Waals surface area contributed by atoms with Gasteiger partial charge in [-0.1, -0.05) is 18.6 Å². The summed E-state index contributed by atoms with van der Waals surface area (Å²) in [7, 11) is 0. The molecule has 4 heterocycles. The standard InChI is InChI=1S/C29H38BrFN6S/c1-29(2)19-32-20-37(29)15-11-33-28-34-18-24(30)27(35-28)26-17-22(10-14-36-12-4-3-5-13-36)25(38-26)16-21-6-8-23(31)9-7-21/h6-9,17-18,32H,3-5,10-16,19-20H2,1-2H3,(H,33,34,35). The minimum Gasteiger partial charge on any atom is -0.353 e. The number of thiophene rings is 1. The highest BCUT2D eigenvalue weighted by Gasteiger charge is 2.31. The van der Waals surface area contributed by atoms with Gasteiger partial charge in [-0.15, -0.1) is 11.3 Å². The predicted octanol–water partition coefficient (Wildman–Crippen LogP) is 5.78. The molecule has 9 heteroatoms. The third-order valence-electron chi connectivity index (χ3n) is 7.68. The molecule has 0 spiro atoms. The Balaban J connectivity index is 1.33. The Kier molecular flexibility index (Phi) is 9.10. The Labute approximate surface area is 238 Å². The summed E-state index contributed by atoms with van der Waals surface area (Å²) in [6, 6.07) is 9.19.